The van der Waals surface area contributed by atoms with Gasteiger partial charge in [-0.05, 0) is 80.2 Å². The standard InChI is InChI=1S/C31H42N4O3/c36-29-10-4-11-33(29)12-5-13-35(30(37)18-23-6-1-2-7-23)22-27-20-26-19-24-8-3-9-25(24)21-28(26)32-31(27)34-14-16-38-17-15-34/h19-21,23H,1-18,22H2. The minimum atomic E-state index is 0.256. The van der Waals surface area contributed by atoms with E-state index < -0.39 is 0 Å². The van der Waals surface area contributed by atoms with Crippen LogP contribution >= 0.6 is 0 Å². The molecule has 204 valence electrons. The molecule has 2 saturated heterocycles. The third kappa shape index (κ3) is 5.68. The van der Waals surface area contributed by atoms with Crippen molar-refractivity contribution in [1.82, 2.24) is 14.8 Å². The number of pyridine rings is 1. The molecule has 4 aliphatic rings. The smallest absolute Gasteiger partial charge is 0.223 e. The van der Waals surface area contributed by atoms with Crippen LogP contribution in [0.5, 0.6) is 0 Å². The summed E-state index contributed by atoms with van der Waals surface area (Å²) in [5, 5.41) is 1.18. The summed E-state index contributed by atoms with van der Waals surface area (Å²) in [5.41, 5.74) is 5.09. The SMILES string of the molecule is O=C1CCCN1CCCN(Cc1cc2cc3c(cc2nc1N1CCOCC1)CCC3)C(=O)CC1CCCC1. The van der Waals surface area contributed by atoms with Crippen molar-refractivity contribution in [1.29, 1.82) is 0 Å². The Morgan fingerprint density at radius 2 is 1.76 bits per heavy atom. The number of anilines is 1. The number of carbonyl (C=O) groups is 2. The van der Waals surface area contributed by atoms with Gasteiger partial charge in [-0.15, -0.1) is 0 Å². The van der Waals surface area contributed by atoms with Crippen LogP contribution in [-0.4, -0.2) is 72.5 Å². The van der Waals surface area contributed by atoms with Crippen molar-refractivity contribution in [3.05, 3.63) is 34.9 Å². The van der Waals surface area contributed by atoms with Gasteiger partial charge in [0.1, 0.15) is 5.82 Å². The van der Waals surface area contributed by atoms with Gasteiger partial charge in [-0.25, -0.2) is 4.98 Å². The van der Waals surface area contributed by atoms with Crippen molar-refractivity contribution in [3.63, 3.8) is 0 Å². The number of morpholine rings is 1. The lowest BCUT2D eigenvalue weighted by Crippen LogP contribution is -2.39. The van der Waals surface area contributed by atoms with E-state index in [-0.39, 0.29) is 11.8 Å². The van der Waals surface area contributed by atoms with Crippen LogP contribution < -0.4 is 4.90 Å². The number of fused-ring (bicyclic) bond motifs is 2. The fourth-order valence-electron chi connectivity index (χ4n) is 6.93. The number of hydrogen-bond donors (Lipinski definition) is 0. The van der Waals surface area contributed by atoms with Crippen LogP contribution in [0, 0.1) is 5.92 Å². The molecule has 0 unspecified atom stereocenters. The molecule has 2 aliphatic heterocycles. The fourth-order valence-corrected chi connectivity index (χ4v) is 6.93. The highest BCUT2D eigenvalue weighted by Gasteiger charge is 2.26. The lowest BCUT2D eigenvalue weighted by molar-refractivity contribution is -0.133. The van der Waals surface area contributed by atoms with Crippen molar-refractivity contribution in [2.24, 2.45) is 5.92 Å². The van der Waals surface area contributed by atoms with Crippen molar-refractivity contribution in [2.45, 2.75) is 77.2 Å². The molecule has 7 nitrogen and oxygen atoms in total. The third-order valence-electron chi connectivity index (χ3n) is 9.07. The molecule has 2 amide bonds. The largest absolute Gasteiger partial charge is 0.378 e. The molecule has 6 rings (SSSR count). The molecular formula is C31H42N4O3. The summed E-state index contributed by atoms with van der Waals surface area (Å²) in [6.45, 7) is 5.91. The van der Waals surface area contributed by atoms with Crippen molar-refractivity contribution < 1.29 is 14.3 Å². The molecule has 7 heteroatoms. The van der Waals surface area contributed by atoms with Gasteiger partial charge in [0.25, 0.3) is 0 Å². The van der Waals surface area contributed by atoms with E-state index in [1.165, 1.54) is 48.6 Å². The van der Waals surface area contributed by atoms with Gasteiger partial charge < -0.3 is 19.4 Å². The predicted octanol–water partition coefficient (Wildman–Crippen LogP) is 4.48. The monoisotopic (exact) mass is 518 g/mol. The highest BCUT2D eigenvalue weighted by molar-refractivity contribution is 5.84. The average Bonchev–Trinajstić information content (AvgIpc) is 3.70. The van der Waals surface area contributed by atoms with Gasteiger partial charge in [0, 0.05) is 63.1 Å². The number of rotatable bonds is 9. The molecule has 1 aromatic heterocycles. The van der Waals surface area contributed by atoms with E-state index in [0.717, 1.165) is 68.8 Å². The molecule has 0 radical (unpaired) electrons. The number of ether oxygens (including phenoxy) is 1. The lowest BCUT2D eigenvalue weighted by atomic mass is 10.0. The molecule has 3 fully saturated rings. The van der Waals surface area contributed by atoms with Crippen LogP contribution in [0.2, 0.25) is 0 Å². The maximum atomic E-state index is 13.7. The van der Waals surface area contributed by atoms with E-state index in [0.29, 0.717) is 45.1 Å². The van der Waals surface area contributed by atoms with Crippen molar-refractivity contribution in [2.75, 3.05) is 50.8 Å². The zero-order valence-corrected chi connectivity index (χ0v) is 22.8. The topological polar surface area (TPSA) is 66.0 Å². The summed E-state index contributed by atoms with van der Waals surface area (Å²) in [6, 6.07) is 6.92. The van der Waals surface area contributed by atoms with Crippen LogP contribution in [0.25, 0.3) is 10.9 Å². The average molecular weight is 519 g/mol. The summed E-state index contributed by atoms with van der Waals surface area (Å²) >= 11 is 0. The number of aromatic nitrogens is 1. The number of aryl methyl sites for hydroxylation is 2. The van der Waals surface area contributed by atoms with E-state index in [4.69, 9.17) is 9.72 Å². The van der Waals surface area contributed by atoms with Gasteiger partial charge in [0.05, 0.1) is 18.7 Å². The maximum absolute atomic E-state index is 13.7. The van der Waals surface area contributed by atoms with E-state index in [1.54, 1.807) is 0 Å². The van der Waals surface area contributed by atoms with Gasteiger partial charge in [0.2, 0.25) is 11.8 Å². The quantitative estimate of drug-likeness (QED) is 0.490. The van der Waals surface area contributed by atoms with E-state index in [1.807, 2.05) is 4.90 Å². The Bertz CT molecular complexity index is 1170. The Balaban J connectivity index is 1.28. The maximum Gasteiger partial charge on any atom is 0.223 e. The Hall–Kier alpha value is -2.67. The minimum absolute atomic E-state index is 0.256. The first-order valence-corrected chi connectivity index (χ1v) is 15.0. The molecule has 0 spiro atoms. The molecule has 3 heterocycles. The van der Waals surface area contributed by atoms with Gasteiger partial charge in [0.15, 0.2) is 0 Å². The second kappa shape index (κ2) is 11.6. The highest BCUT2D eigenvalue weighted by atomic mass is 16.5. The van der Waals surface area contributed by atoms with Gasteiger partial charge in [-0.3, -0.25) is 9.59 Å². The second-order valence-electron chi connectivity index (χ2n) is 11.7. The van der Waals surface area contributed by atoms with Crippen molar-refractivity contribution >= 4 is 28.5 Å². The van der Waals surface area contributed by atoms with E-state index >= 15 is 0 Å². The molecule has 0 bridgehead atoms. The zero-order chi connectivity index (χ0) is 25.9. The minimum Gasteiger partial charge on any atom is -0.378 e. The Labute approximate surface area is 226 Å². The Morgan fingerprint density at radius 1 is 0.974 bits per heavy atom. The Morgan fingerprint density at radius 3 is 2.53 bits per heavy atom. The molecule has 1 saturated carbocycles. The normalized spacial score (nSPS) is 20.1. The van der Waals surface area contributed by atoms with Gasteiger partial charge >= 0.3 is 0 Å². The number of amides is 2. The third-order valence-corrected chi connectivity index (χ3v) is 9.07. The predicted molar refractivity (Wildman–Crippen MR) is 149 cm³/mol. The number of carbonyl (C=O) groups excluding carboxylic acids is 2. The van der Waals surface area contributed by atoms with Gasteiger partial charge in [-0.1, -0.05) is 12.8 Å². The number of benzene rings is 1. The summed E-state index contributed by atoms with van der Waals surface area (Å²) in [5.74, 6) is 2.04. The summed E-state index contributed by atoms with van der Waals surface area (Å²) in [7, 11) is 0. The summed E-state index contributed by atoms with van der Waals surface area (Å²) < 4.78 is 5.65. The first-order chi connectivity index (χ1) is 18.6. The van der Waals surface area contributed by atoms with Crippen LogP contribution in [0.1, 0.15) is 74.5 Å². The molecule has 0 N–H and O–H groups in total. The second-order valence-corrected chi connectivity index (χ2v) is 11.7. The van der Waals surface area contributed by atoms with E-state index in [9.17, 15) is 9.59 Å². The number of nitrogens with zero attached hydrogens (tertiary/aromatic N) is 4. The molecule has 2 aliphatic carbocycles. The first kappa shape index (κ1) is 25.6. The van der Waals surface area contributed by atoms with E-state index in [2.05, 4.69) is 28.0 Å². The lowest BCUT2D eigenvalue weighted by Gasteiger charge is -2.32. The van der Waals surface area contributed by atoms with Crippen LogP contribution in [0.3, 0.4) is 0 Å². The van der Waals surface area contributed by atoms with Crippen LogP contribution in [0.15, 0.2) is 18.2 Å². The zero-order valence-electron chi connectivity index (χ0n) is 22.8. The summed E-state index contributed by atoms with van der Waals surface area (Å²) in [6.07, 6.45) is 11.4. The Kier molecular flexibility index (Phi) is 7.82. The van der Waals surface area contributed by atoms with Crippen molar-refractivity contribution in [3.8, 4) is 0 Å². The molecule has 1 aromatic carbocycles. The molecule has 0 atom stereocenters. The first-order valence-electron chi connectivity index (χ1n) is 15.0. The van der Waals surface area contributed by atoms with Crippen LogP contribution in [0.4, 0.5) is 5.82 Å². The number of hydrogen-bond acceptors (Lipinski definition) is 5. The highest BCUT2D eigenvalue weighted by Crippen LogP contribution is 2.32. The fraction of sp³-hybridized carbons (Fsp3) is 0.645. The molecule has 38 heavy (non-hydrogen) atoms. The molecular weight excluding hydrogens is 476 g/mol. The van der Waals surface area contributed by atoms with Gasteiger partial charge in [-0.2, -0.15) is 0 Å². The van der Waals surface area contributed by atoms with Crippen LogP contribution in [-0.2, 0) is 33.7 Å². The molecule has 2 aromatic rings. The summed E-state index contributed by atoms with van der Waals surface area (Å²) in [4.78, 5) is 37.4. The number of likely N-dealkylation sites (tertiary alicyclic amines) is 1.